The van der Waals surface area contributed by atoms with Gasteiger partial charge in [0.25, 0.3) is 0 Å². The fourth-order valence-electron chi connectivity index (χ4n) is 1.85. The fourth-order valence-corrected chi connectivity index (χ4v) is 1.85. The van der Waals surface area contributed by atoms with Crippen molar-refractivity contribution in [1.29, 1.82) is 5.26 Å². The topological polar surface area (TPSA) is 96.4 Å². The third kappa shape index (κ3) is 3.16. The number of aliphatic hydroxyl groups is 1. The Balaban J connectivity index is 2.48. The van der Waals surface area contributed by atoms with Crippen molar-refractivity contribution >= 4 is 5.69 Å². The molecular formula is C15H12N2O4. The van der Waals surface area contributed by atoms with Crippen LogP contribution in [-0.4, -0.2) is 10.0 Å². The number of hydrogen-bond acceptors (Lipinski definition) is 5. The van der Waals surface area contributed by atoms with E-state index in [0.29, 0.717) is 11.1 Å². The van der Waals surface area contributed by atoms with Crippen molar-refractivity contribution in [3.8, 4) is 17.6 Å². The molecule has 0 unspecified atom stereocenters. The number of ether oxygens (including phenoxy) is 1. The van der Waals surface area contributed by atoms with Gasteiger partial charge in [-0.15, -0.1) is 0 Å². The van der Waals surface area contributed by atoms with Crippen LogP contribution in [0.4, 0.5) is 5.69 Å². The van der Waals surface area contributed by atoms with Gasteiger partial charge in [-0.3, -0.25) is 10.1 Å². The summed E-state index contributed by atoms with van der Waals surface area (Å²) >= 11 is 0. The normalized spacial score (nSPS) is 11.5. The Labute approximate surface area is 121 Å². The largest absolute Gasteiger partial charge is 0.450 e. The standard InChI is InChI=1S/C15H12N2O4/c1-10(18)12-7-6-11(9-16)8-15(12)21-14-5-3-2-4-13(14)17(19)20/h2-8,10,18H,1H3/t10-/m1/s1. The second-order valence-corrected chi connectivity index (χ2v) is 4.37. The van der Waals surface area contributed by atoms with E-state index in [-0.39, 0.29) is 17.2 Å². The van der Waals surface area contributed by atoms with E-state index in [9.17, 15) is 15.2 Å². The molecule has 0 radical (unpaired) electrons. The molecule has 0 aliphatic heterocycles. The number of para-hydroxylation sites is 2. The first kappa shape index (κ1) is 14.5. The number of nitrogens with zero attached hydrogens (tertiary/aromatic N) is 2. The lowest BCUT2D eigenvalue weighted by Crippen LogP contribution is -1.99. The summed E-state index contributed by atoms with van der Waals surface area (Å²) in [6.45, 7) is 1.55. The zero-order valence-electron chi connectivity index (χ0n) is 11.2. The molecule has 1 N–H and O–H groups in total. The number of nitro groups is 1. The smallest absolute Gasteiger partial charge is 0.311 e. The van der Waals surface area contributed by atoms with Crippen LogP contribution < -0.4 is 4.74 Å². The van der Waals surface area contributed by atoms with E-state index in [4.69, 9.17) is 10.00 Å². The Morgan fingerprint density at radius 1 is 1.29 bits per heavy atom. The van der Waals surface area contributed by atoms with Crippen LogP contribution in [0.25, 0.3) is 0 Å². The van der Waals surface area contributed by atoms with Crippen molar-refractivity contribution < 1.29 is 14.8 Å². The molecule has 0 aliphatic carbocycles. The van der Waals surface area contributed by atoms with Gasteiger partial charge in [-0.2, -0.15) is 5.26 Å². The SMILES string of the molecule is C[C@@H](O)c1ccc(C#N)cc1Oc1ccccc1[N+](=O)[O-]. The van der Waals surface area contributed by atoms with Crippen molar-refractivity contribution in [2.24, 2.45) is 0 Å². The first-order valence-electron chi connectivity index (χ1n) is 6.16. The lowest BCUT2D eigenvalue weighted by molar-refractivity contribution is -0.385. The second-order valence-electron chi connectivity index (χ2n) is 4.37. The summed E-state index contributed by atoms with van der Waals surface area (Å²) in [5.41, 5.74) is 0.608. The highest BCUT2D eigenvalue weighted by atomic mass is 16.6. The molecule has 0 saturated heterocycles. The Bertz CT molecular complexity index is 720. The Hall–Kier alpha value is -2.91. The molecule has 0 aromatic heterocycles. The van der Waals surface area contributed by atoms with Gasteiger partial charge in [0.2, 0.25) is 5.75 Å². The minimum Gasteiger partial charge on any atom is -0.450 e. The van der Waals surface area contributed by atoms with Gasteiger partial charge < -0.3 is 9.84 Å². The van der Waals surface area contributed by atoms with Gasteiger partial charge in [0.15, 0.2) is 0 Å². The van der Waals surface area contributed by atoms with E-state index in [0.717, 1.165) is 0 Å². The molecular weight excluding hydrogens is 272 g/mol. The predicted octanol–water partition coefficient (Wildman–Crippen LogP) is 3.31. The van der Waals surface area contributed by atoms with Gasteiger partial charge in [0.1, 0.15) is 5.75 Å². The van der Waals surface area contributed by atoms with Crippen LogP contribution in [0.2, 0.25) is 0 Å². The quantitative estimate of drug-likeness (QED) is 0.686. The number of nitriles is 1. The summed E-state index contributed by atoms with van der Waals surface area (Å²) in [6.07, 6.45) is -0.824. The zero-order valence-corrected chi connectivity index (χ0v) is 11.2. The maximum Gasteiger partial charge on any atom is 0.311 e. The fraction of sp³-hybridized carbons (Fsp3) is 0.133. The Kier molecular flexibility index (Phi) is 4.16. The first-order valence-corrected chi connectivity index (χ1v) is 6.16. The summed E-state index contributed by atoms with van der Waals surface area (Å²) in [5, 5.41) is 29.6. The maximum absolute atomic E-state index is 11.0. The van der Waals surface area contributed by atoms with Crippen molar-refractivity contribution in [3.63, 3.8) is 0 Å². The molecule has 0 fully saturated rings. The molecule has 2 aromatic rings. The highest BCUT2D eigenvalue weighted by molar-refractivity contribution is 5.51. The lowest BCUT2D eigenvalue weighted by atomic mass is 10.1. The molecule has 0 aliphatic rings. The van der Waals surface area contributed by atoms with Crippen LogP contribution in [0, 0.1) is 21.4 Å². The van der Waals surface area contributed by atoms with Gasteiger partial charge >= 0.3 is 5.69 Å². The molecule has 0 heterocycles. The Morgan fingerprint density at radius 2 is 2.00 bits per heavy atom. The third-order valence-electron chi connectivity index (χ3n) is 2.87. The summed E-state index contributed by atoms with van der Waals surface area (Å²) in [4.78, 5) is 10.4. The highest BCUT2D eigenvalue weighted by Crippen LogP contribution is 2.35. The number of benzene rings is 2. The van der Waals surface area contributed by atoms with E-state index in [1.165, 1.54) is 24.3 Å². The summed E-state index contributed by atoms with van der Waals surface area (Å²) in [5.74, 6) is 0.276. The summed E-state index contributed by atoms with van der Waals surface area (Å²) in [6, 6.07) is 12.4. The average molecular weight is 284 g/mol. The highest BCUT2D eigenvalue weighted by Gasteiger charge is 2.17. The van der Waals surface area contributed by atoms with Crippen LogP contribution in [0.5, 0.6) is 11.5 Å². The second kappa shape index (κ2) is 6.03. The lowest BCUT2D eigenvalue weighted by Gasteiger charge is -2.13. The minimum atomic E-state index is -0.824. The summed E-state index contributed by atoms with van der Waals surface area (Å²) in [7, 11) is 0. The number of hydrogen-bond donors (Lipinski definition) is 1. The maximum atomic E-state index is 11.0. The molecule has 21 heavy (non-hydrogen) atoms. The average Bonchev–Trinajstić information content (AvgIpc) is 2.47. The number of aliphatic hydroxyl groups excluding tert-OH is 1. The number of rotatable bonds is 4. The molecule has 2 rings (SSSR count). The van der Waals surface area contributed by atoms with E-state index < -0.39 is 11.0 Å². The predicted molar refractivity (Wildman–Crippen MR) is 75.0 cm³/mol. The van der Waals surface area contributed by atoms with Gasteiger partial charge in [-0.1, -0.05) is 18.2 Å². The van der Waals surface area contributed by atoms with Gasteiger partial charge in [0, 0.05) is 11.6 Å². The summed E-state index contributed by atoms with van der Waals surface area (Å²) < 4.78 is 5.55. The van der Waals surface area contributed by atoms with Gasteiger partial charge in [0.05, 0.1) is 22.7 Å². The van der Waals surface area contributed by atoms with E-state index in [1.807, 2.05) is 6.07 Å². The van der Waals surface area contributed by atoms with Gasteiger partial charge in [-0.25, -0.2) is 0 Å². The van der Waals surface area contributed by atoms with Crippen LogP contribution >= 0.6 is 0 Å². The minimum absolute atomic E-state index is 0.0551. The Morgan fingerprint density at radius 3 is 2.62 bits per heavy atom. The van der Waals surface area contributed by atoms with Crippen LogP contribution in [0.1, 0.15) is 24.2 Å². The monoisotopic (exact) mass is 284 g/mol. The molecule has 6 nitrogen and oxygen atoms in total. The molecule has 0 spiro atoms. The zero-order chi connectivity index (χ0) is 15.4. The molecule has 1 atom stereocenters. The van der Waals surface area contributed by atoms with E-state index in [1.54, 1.807) is 25.1 Å². The van der Waals surface area contributed by atoms with Crippen LogP contribution in [0.15, 0.2) is 42.5 Å². The molecule has 6 heteroatoms. The molecule has 0 saturated carbocycles. The van der Waals surface area contributed by atoms with E-state index in [2.05, 4.69) is 0 Å². The molecule has 2 aromatic carbocycles. The molecule has 0 bridgehead atoms. The van der Waals surface area contributed by atoms with Crippen LogP contribution in [0.3, 0.4) is 0 Å². The van der Waals surface area contributed by atoms with Gasteiger partial charge in [-0.05, 0) is 25.1 Å². The van der Waals surface area contributed by atoms with Crippen molar-refractivity contribution in [3.05, 3.63) is 63.7 Å². The van der Waals surface area contributed by atoms with Crippen molar-refractivity contribution in [1.82, 2.24) is 0 Å². The van der Waals surface area contributed by atoms with Crippen LogP contribution in [-0.2, 0) is 0 Å². The van der Waals surface area contributed by atoms with Crippen molar-refractivity contribution in [2.75, 3.05) is 0 Å². The molecule has 0 amide bonds. The first-order chi connectivity index (χ1) is 10.0. The molecule has 106 valence electrons. The number of nitro benzene ring substituents is 1. The third-order valence-corrected chi connectivity index (χ3v) is 2.87. The van der Waals surface area contributed by atoms with Crippen molar-refractivity contribution in [2.45, 2.75) is 13.0 Å². The van der Waals surface area contributed by atoms with E-state index >= 15 is 0 Å².